The number of hydrogen-bond donors (Lipinski definition) is 2. The molecule has 1 amide bonds. The van der Waals surface area contributed by atoms with Crippen LogP contribution in [0.25, 0.3) is 10.2 Å². The molecule has 1 heterocycles. The maximum Gasteiger partial charge on any atom is 0.258 e. The Balaban J connectivity index is 1.63. The Morgan fingerprint density at radius 3 is 2.68 bits per heavy atom. The molecule has 0 atom stereocenters. The van der Waals surface area contributed by atoms with Gasteiger partial charge in [0.1, 0.15) is 0 Å². The molecule has 0 saturated heterocycles. The number of nitrogens with one attached hydrogen (secondary N) is 2. The molecule has 146 valence electrons. The SMILES string of the molecule is Cc1cc(C)c2nc(NC(=O)c3cc(S(=O)(=O)NC4CC4)ccc3Br)sc2c1. The lowest BCUT2D eigenvalue weighted by Gasteiger charge is -2.09. The molecule has 28 heavy (non-hydrogen) atoms. The maximum atomic E-state index is 12.8. The van der Waals surface area contributed by atoms with Crippen LogP contribution < -0.4 is 10.0 Å². The van der Waals surface area contributed by atoms with Crippen LogP contribution in [-0.2, 0) is 10.0 Å². The van der Waals surface area contributed by atoms with E-state index in [4.69, 9.17) is 0 Å². The van der Waals surface area contributed by atoms with Crippen molar-refractivity contribution in [1.82, 2.24) is 9.71 Å². The molecule has 6 nitrogen and oxygen atoms in total. The molecule has 4 rings (SSSR count). The van der Waals surface area contributed by atoms with E-state index in [1.54, 1.807) is 6.07 Å². The van der Waals surface area contributed by atoms with Crippen molar-refractivity contribution in [3.8, 4) is 0 Å². The van der Waals surface area contributed by atoms with Crippen LogP contribution in [0.1, 0.15) is 34.3 Å². The van der Waals surface area contributed by atoms with Crippen molar-refractivity contribution in [3.63, 3.8) is 0 Å². The summed E-state index contributed by atoms with van der Waals surface area (Å²) in [5, 5.41) is 3.27. The minimum atomic E-state index is -3.64. The number of carbonyl (C=O) groups is 1. The third-order valence-corrected chi connectivity index (χ3v) is 7.57. The summed E-state index contributed by atoms with van der Waals surface area (Å²) >= 11 is 4.73. The zero-order valence-corrected chi connectivity index (χ0v) is 18.5. The van der Waals surface area contributed by atoms with Gasteiger partial charge in [-0.2, -0.15) is 0 Å². The average molecular weight is 480 g/mol. The van der Waals surface area contributed by atoms with Crippen LogP contribution in [0.4, 0.5) is 5.13 Å². The van der Waals surface area contributed by atoms with Gasteiger partial charge in [0.15, 0.2) is 5.13 Å². The molecular formula is C19H18BrN3O3S2. The summed E-state index contributed by atoms with van der Waals surface area (Å²) in [5.41, 5.74) is 3.28. The van der Waals surface area contributed by atoms with E-state index < -0.39 is 15.9 Å². The minimum Gasteiger partial charge on any atom is -0.298 e. The zero-order valence-electron chi connectivity index (χ0n) is 15.2. The van der Waals surface area contributed by atoms with E-state index in [9.17, 15) is 13.2 Å². The first-order valence-electron chi connectivity index (χ1n) is 8.74. The Labute approximate surface area is 175 Å². The molecule has 2 aromatic carbocycles. The van der Waals surface area contributed by atoms with Gasteiger partial charge in [-0.25, -0.2) is 18.1 Å². The summed E-state index contributed by atoms with van der Waals surface area (Å²) < 4.78 is 29.0. The summed E-state index contributed by atoms with van der Waals surface area (Å²) in [4.78, 5) is 17.4. The first kappa shape index (κ1) is 19.5. The number of thiazole rings is 1. The number of hydrogen-bond acceptors (Lipinski definition) is 5. The second-order valence-electron chi connectivity index (χ2n) is 6.94. The normalized spacial score (nSPS) is 14.4. The van der Waals surface area contributed by atoms with Gasteiger partial charge in [0.25, 0.3) is 5.91 Å². The van der Waals surface area contributed by atoms with Gasteiger partial charge < -0.3 is 0 Å². The van der Waals surface area contributed by atoms with Crippen LogP contribution in [0, 0.1) is 13.8 Å². The number of aryl methyl sites for hydroxylation is 2. The van der Waals surface area contributed by atoms with Crippen LogP contribution in [-0.4, -0.2) is 25.4 Å². The molecule has 0 bridgehead atoms. The van der Waals surface area contributed by atoms with E-state index >= 15 is 0 Å². The van der Waals surface area contributed by atoms with Gasteiger partial charge >= 0.3 is 0 Å². The average Bonchev–Trinajstić information content (AvgIpc) is 3.31. The maximum absolute atomic E-state index is 12.8. The molecule has 1 aliphatic rings. The number of aromatic nitrogens is 1. The van der Waals surface area contributed by atoms with E-state index in [-0.39, 0.29) is 16.5 Å². The quantitative estimate of drug-likeness (QED) is 0.568. The van der Waals surface area contributed by atoms with E-state index in [0.29, 0.717) is 9.60 Å². The highest BCUT2D eigenvalue weighted by Crippen LogP contribution is 2.30. The molecule has 9 heteroatoms. The Kier molecular flexibility index (Phi) is 5.03. The summed E-state index contributed by atoms with van der Waals surface area (Å²) in [6, 6.07) is 8.51. The highest BCUT2D eigenvalue weighted by molar-refractivity contribution is 9.10. The number of benzene rings is 2. The molecule has 3 aromatic rings. The summed E-state index contributed by atoms with van der Waals surface area (Å²) in [5.74, 6) is -0.413. The third-order valence-electron chi connectivity index (χ3n) is 4.44. The monoisotopic (exact) mass is 479 g/mol. The van der Waals surface area contributed by atoms with Crippen LogP contribution in [0.3, 0.4) is 0 Å². The number of nitrogens with zero attached hydrogens (tertiary/aromatic N) is 1. The van der Waals surface area contributed by atoms with Gasteiger partial charge in [-0.05, 0) is 78.0 Å². The van der Waals surface area contributed by atoms with Crippen molar-refractivity contribution in [2.45, 2.75) is 37.6 Å². The van der Waals surface area contributed by atoms with Gasteiger partial charge in [-0.1, -0.05) is 17.4 Å². The van der Waals surface area contributed by atoms with E-state index in [1.807, 2.05) is 26.0 Å². The lowest BCUT2D eigenvalue weighted by atomic mass is 10.1. The number of carbonyl (C=O) groups excluding carboxylic acids is 1. The van der Waals surface area contributed by atoms with E-state index in [2.05, 4.69) is 31.0 Å². The number of fused-ring (bicyclic) bond motifs is 1. The summed E-state index contributed by atoms with van der Waals surface area (Å²) in [6.45, 7) is 4.00. The van der Waals surface area contributed by atoms with Gasteiger partial charge in [-0.3, -0.25) is 10.1 Å². The van der Waals surface area contributed by atoms with E-state index in [0.717, 1.165) is 34.2 Å². The fraction of sp³-hybridized carbons (Fsp3) is 0.263. The Hall–Kier alpha value is -1.81. The van der Waals surface area contributed by atoms with Crippen molar-refractivity contribution in [3.05, 3.63) is 51.5 Å². The largest absolute Gasteiger partial charge is 0.298 e. The van der Waals surface area contributed by atoms with Gasteiger partial charge in [-0.15, -0.1) is 0 Å². The summed E-state index contributed by atoms with van der Waals surface area (Å²) in [6.07, 6.45) is 1.69. The molecule has 1 fully saturated rings. The molecule has 0 spiro atoms. The minimum absolute atomic E-state index is 0.000341. The van der Waals surface area contributed by atoms with Gasteiger partial charge in [0.05, 0.1) is 20.7 Å². The number of rotatable bonds is 5. The second-order valence-corrected chi connectivity index (χ2v) is 10.5. The van der Waals surface area contributed by atoms with Gasteiger partial charge in [0.2, 0.25) is 10.0 Å². The molecule has 0 aliphatic heterocycles. The fourth-order valence-corrected chi connectivity index (χ4v) is 5.72. The number of halogens is 1. The predicted molar refractivity (Wildman–Crippen MR) is 115 cm³/mol. The molecule has 1 aromatic heterocycles. The number of amides is 1. The molecule has 1 aliphatic carbocycles. The lowest BCUT2D eigenvalue weighted by Crippen LogP contribution is -2.26. The van der Waals surface area contributed by atoms with Crippen molar-refractivity contribution in [2.24, 2.45) is 0 Å². The molecule has 2 N–H and O–H groups in total. The van der Waals surface area contributed by atoms with Crippen molar-refractivity contribution in [1.29, 1.82) is 0 Å². The van der Waals surface area contributed by atoms with Crippen molar-refractivity contribution < 1.29 is 13.2 Å². The Morgan fingerprint density at radius 1 is 1.21 bits per heavy atom. The lowest BCUT2D eigenvalue weighted by molar-refractivity contribution is 0.102. The highest BCUT2D eigenvalue weighted by Gasteiger charge is 2.28. The van der Waals surface area contributed by atoms with Crippen molar-refractivity contribution >= 4 is 58.5 Å². The highest BCUT2D eigenvalue weighted by atomic mass is 79.9. The smallest absolute Gasteiger partial charge is 0.258 e. The molecule has 1 saturated carbocycles. The van der Waals surface area contributed by atoms with E-state index in [1.165, 1.54) is 23.5 Å². The Morgan fingerprint density at radius 2 is 1.96 bits per heavy atom. The third kappa shape index (κ3) is 3.98. The summed E-state index contributed by atoms with van der Waals surface area (Å²) in [7, 11) is -3.64. The first-order valence-corrected chi connectivity index (χ1v) is 11.8. The van der Waals surface area contributed by atoms with Gasteiger partial charge in [0, 0.05) is 10.5 Å². The van der Waals surface area contributed by atoms with Crippen molar-refractivity contribution in [2.75, 3.05) is 5.32 Å². The fourth-order valence-electron chi connectivity index (χ4n) is 2.92. The number of sulfonamides is 1. The topological polar surface area (TPSA) is 88.2 Å². The number of anilines is 1. The molecule has 0 unspecified atom stereocenters. The van der Waals surface area contributed by atoms with Crippen LogP contribution in [0.5, 0.6) is 0 Å². The Bertz CT molecular complexity index is 1200. The van der Waals surface area contributed by atoms with Crippen LogP contribution in [0.15, 0.2) is 39.7 Å². The molecular weight excluding hydrogens is 462 g/mol. The second kappa shape index (κ2) is 7.22. The standard InChI is InChI=1S/C19H18BrN3O3S2/c1-10-7-11(2)17-16(8-10)27-19(21-17)22-18(24)14-9-13(5-6-15(14)20)28(25,26)23-12-3-4-12/h5-9,12,23H,3-4H2,1-2H3,(H,21,22,24). The zero-order chi connectivity index (χ0) is 20.1. The molecule has 0 radical (unpaired) electrons. The van der Waals surface area contributed by atoms with Crippen LogP contribution in [0.2, 0.25) is 0 Å². The first-order chi connectivity index (χ1) is 13.2. The van der Waals surface area contributed by atoms with Crippen LogP contribution >= 0.6 is 27.3 Å². The predicted octanol–water partition coefficient (Wildman–Crippen LogP) is 4.37.